The van der Waals surface area contributed by atoms with Gasteiger partial charge in [-0.25, -0.2) is 9.97 Å². The second-order valence-corrected chi connectivity index (χ2v) is 10.3. The Kier molecular flexibility index (Phi) is 4.80. The maximum atomic E-state index is 6.70. The van der Waals surface area contributed by atoms with Crippen molar-refractivity contribution in [2.45, 2.75) is 54.0 Å². The highest BCUT2D eigenvalue weighted by atomic mass is 32.2. The fraction of sp³-hybridized carbons (Fsp3) is 0.417. The first-order valence-electron chi connectivity index (χ1n) is 11.3. The van der Waals surface area contributed by atoms with Gasteiger partial charge in [0.25, 0.3) is 0 Å². The average Bonchev–Trinajstić information content (AvgIpc) is 3.61. The number of nitrogens with two attached hydrogens (primary N) is 2. The van der Waals surface area contributed by atoms with Crippen LogP contribution < -0.4 is 16.4 Å². The van der Waals surface area contributed by atoms with E-state index in [9.17, 15) is 0 Å². The lowest BCUT2D eigenvalue weighted by atomic mass is 9.73. The van der Waals surface area contributed by atoms with Gasteiger partial charge in [-0.2, -0.15) is 0 Å². The molecular formula is C24H27N7S. The maximum absolute atomic E-state index is 6.70. The Labute approximate surface area is 192 Å². The summed E-state index contributed by atoms with van der Waals surface area (Å²) in [6.45, 7) is 1.81. The number of hydrogen-bond donors (Lipinski definition) is 2. The highest BCUT2D eigenvalue weighted by Gasteiger charge is 2.46. The van der Waals surface area contributed by atoms with E-state index in [-0.39, 0.29) is 11.5 Å². The number of benzene rings is 1. The second kappa shape index (κ2) is 7.71. The van der Waals surface area contributed by atoms with Crippen molar-refractivity contribution in [3.63, 3.8) is 0 Å². The van der Waals surface area contributed by atoms with Crippen LogP contribution in [0.5, 0.6) is 0 Å². The van der Waals surface area contributed by atoms with Gasteiger partial charge in [-0.3, -0.25) is 0 Å². The van der Waals surface area contributed by atoms with Crippen LogP contribution in [0.25, 0.3) is 0 Å². The molecule has 0 bridgehead atoms. The predicted molar refractivity (Wildman–Crippen MR) is 126 cm³/mol. The molecule has 1 saturated heterocycles. The number of piperidine rings is 1. The van der Waals surface area contributed by atoms with Crippen LogP contribution in [-0.4, -0.2) is 33.3 Å². The molecule has 0 amide bonds. The third-order valence-electron chi connectivity index (χ3n) is 7.34. The number of nitrogen functional groups attached to an aromatic ring is 1. The normalized spacial score (nSPS) is 21.7. The van der Waals surface area contributed by atoms with Crippen LogP contribution in [0.2, 0.25) is 0 Å². The van der Waals surface area contributed by atoms with E-state index in [0.717, 1.165) is 47.8 Å². The number of nitrogens with zero attached hydrogens (tertiary/aromatic N) is 5. The molecule has 2 aromatic heterocycles. The summed E-state index contributed by atoms with van der Waals surface area (Å²) in [5.74, 6) is 1.86. The molecule has 7 nitrogen and oxygen atoms in total. The van der Waals surface area contributed by atoms with Crippen molar-refractivity contribution in [2.24, 2.45) is 11.1 Å². The van der Waals surface area contributed by atoms with E-state index in [4.69, 9.17) is 11.5 Å². The van der Waals surface area contributed by atoms with Crippen LogP contribution in [0, 0.1) is 5.41 Å². The smallest absolute Gasteiger partial charge is 0.245 e. The Morgan fingerprint density at radius 3 is 2.56 bits per heavy atom. The van der Waals surface area contributed by atoms with E-state index < -0.39 is 0 Å². The van der Waals surface area contributed by atoms with Gasteiger partial charge in [-0.15, -0.1) is 10.2 Å². The molecule has 2 fully saturated rings. The number of hydrogen-bond acceptors (Lipinski definition) is 8. The summed E-state index contributed by atoms with van der Waals surface area (Å²) in [5.41, 5.74) is 16.9. The summed E-state index contributed by atoms with van der Waals surface area (Å²) in [4.78, 5) is 12.3. The minimum Gasteiger partial charge on any atom is -0.383 e. The molecule has 1 spiro atoms. The van der Waals surface area contributed by atoms with Crippen LogP contribution in [0.1, 0.15) is 54.3 Å². The Morgan fingerprint density at radius 2 is 1.84 bits per heavy atom. The molecule has 4 N–H and O–H groups in total. The molecule has 8 heteroatoms. The first-order chi connectivity index (χ1) is 15.6. The Bertz CT molecular complexity index is 1140. The quantitative estimate of drug-likeness (QED) is 0.626. The van der Waals surface area contributed by atoms with E-state index in [0.29, 0.717) is 17.7 Å². The van der Waals surface area contributed by atoms with Crippen LogP contribution in [0.4, 0.5) is 11.8 Å². The molecule has 164 valence electrons. The Hall–Kier alpha value is -2.71. The van der Waals surface area contributed by atoms with Crippen molar-refractivity contribution in [1.82, 2.24) is 20.2 Å². The minimum atomic E-state index is 0.118. The first kappa shape index (κ1) is 19.9. The summed E-state index contributed by atoms with van der Waals surface area (Å²) in [6, 6.07) is 10.8. The Morgan fingerprint density at radius 1 is 1.03 bits per heavy atom. The lowest BCUT2D eigenvalue weighted by Gasteiger charge is -2.42. The third kappa shape index (κ3) is 3.42. The SMILES string of the molecule is Nc1nccc(Sc2cnc(N3CCC4(CC3)Cc3ccccc3[C@H]4N)nn2)c1C1CC1. The monoisotopic (exact) mass is 445 g/mol. The molecule has 1 aromatic carbocycles. The van der Waals surface area contributed by atoms with Crippen LogP contribution >= 0.6 is 11.8 Å². The predicted octanol–water partition coefficient (Wildman–Crippen LogP) is 3.72. The molecule has 1 atom stereocenters. The van der Waals surface area contributed by atoms with Gasteiger partial charge >= 0.3 is 0 Å². The summed E-state index contributed by atoms with van der Waals surface area (Å²) >= 11 is 1.57. The summed E-state index contributed by atoms with van der Waals surface area (Å²) < 4.78 is 0. The number of aromatic nitrogens is 4. The number of rotatable bonds is 4. The number of fused-ring (bicyclic) bond motifs is 1. The van der Waals surface area contributed by atoms with Crippen molar-refractivity contribution in [3.05, 3.63) is 59.4 Å². The van der Waals surface area contributed by atoms with Crippen molar-refractivity contribution >= 4 is 23.5 Å². The third-order valence-corrected chi connectivity index (χ3v) is 8.32. The lowest BCUT2D eigenvalue weighted by Crippen LogP contribution is -2.45. The van der Waals surface area contributed by atoms with Crippen molar-refractivity contribution in [1.29, 1.82) is 0 Å². The molecular weight excluding hydrogens is 418 g/mol. The summed E-state index contributed by atoms with van der Waals surface area (Å²) in [6.07, 6.45) is 9.10. The van der Waals surface area contributed by atoms with Crippen molar-refractivity contribution in [3.8, 4) is 0 Å². The molecule has 0 radical (unpaired) electrons. The molecule has 32 heavy (non-hydrogen) atoms. The van der Waals surface area contributed by atoms with Crippen molar-refractivity contribution < 1.29 is 0 Å². The molecule has 1 aliphatic heterocycles. The maximum Gasteiger partial charge on any atom is 0.245 e. The topological polar surface area (TPSA) is 107 Å². The zero-order chi connectivity index (χ0) is 21.7. The highest BCUT2D eigenvalue weighted by Crippen LogP contribution is 2.51. The van der Waals surface area contributed by atoms with E-state index in [1.54, 1.807) is 18.0 Å². The lowest BCUT2D eigenvalue weighted by molar-refractivity contribution is 0.186. The zero-order valence-corrected chi connectivity index (χ0v) is 18.8. The van der Waals surface area contributed by atoms with E-state index in [1.807, 2.05) is 12.3 Å². The summed E-state index contributed by atoms with van der Waals surface area (Å²) in [5, 5.41) is 9.69. The standard InChI is InChI=1S/C24H27N7S/c25-21-17-4-2-1-3-16(17)13-24(21)8-11-31(12-9-24)23-28-14-19(29-30-23)32-18-7-10-27-22(26)20(18)15-5-6-15/h1-4,7,10,14-15,21H,5-6,8-9,11-13,25H2,(H2,26,27)/t21-/m1/s1. The number of anilines is 2. The average molecular weight is 446 g/mol. The van der Waals surface area contributed by atoms with Gasteiger partial charge in [0.15, 0.2) is 0 Å². The summed E-state index contributed by atoms with van der Waals surface area (Å²) in [7, 11) is 0. The van der Waals surface area contributed by atoms with Crippen molar-refractivity contribution in [2.75, 3.05) is 23.7 Å². The van der Waals surface area contributed by atoms with E-state index in [2.05, 4.69) is 49.3 Å². The van der Waals surface area contributed by atoms with E-state index >= 15 is 0 Å². The largest absolute Gasteiger partial charge is 0.383 e. The van der Waals surface area contributed by atoms with Crippen LogP contribution in [-0.2, 0) is 6.42 Å². The molecule has 2 aliphatic carbocycles. The fourth-order valence-electron chi connectivity index (χ4n) is 5.36. The minimum absolute atomic E-state index is 0.118. The van der Waals surface area contributed by atoms with Crippen LogP contribution in [0.3, 0.4) is 0 Å². The molecule has 6 rings (SSSR count). The molecule has 3 heterocycles. The van der Waals surface area contributed by atoms with Gasteiger partial charge in [-0.05, 0) is 60.6 Å². The molecule has 0 unspecified atom stereocenters. The fourth-order valence-corrected chi connectivity index (χ4v) is 6.29. The molecule has 3 aromatic rings. The highest BCUT2D eigenvalue weighted by molar-refractivity contribution is 7.99. The van der Waals surface area contributed by atoms with Crippen LogP contribution in [0.15, 0.2) is 52.6 Å². The van der Waals surface area contributed by atoms with Gasteiger partial charge < -0.3 is 16.4 Å². The van der Waals surface area contributed by atoms with Gasteiger partial charge in [-0.1, -0.05) is 36.0 Å². The second-order valence-electron chi connectivity index (χ2n) is 9.28. The van der Waals surface area contributed by atoms with Gasteiger partial charge in [0.1, 0.15) is 10.8 Å². The zero-order valence-electron chi connectivity index (χ0n) is 17.9. The van der Waals surface area contributed by atoms with Gasteiger partial charge in [0.05, 0.1) is 6.20 Å². The van der Waals surface area contributed by atoms with E-state index in [1.165, 1.54) is 24.0 Å². The van der Waals surface area contributed by atoms with Gasteiger partial charge in [0.2, 0.25) is 5.95 Å². The molecule has 1 saturated carbocycles. The first-order valence-corrected chi connectivity index (χ1v) is 12.1. The molecule has 3 aliphatic rings. The Balaban J connectivity index is 1.14. The number of pyridine rings is 1. The van der Waals surface area contributed by atoms with Gasteiger partial charge in [0, 0.05) is 35.8 Å².